The molecule has 4 heterocycles. The van der Waals surface area contributed by atoms with E-state index in [-0.39, 0.29) is 38.9 Å². The van der Waals surface area contributed by atoms with Crippen LogP contribution in [-0.2, 0) is 15.4 Å². The summed E-state index contributed by atoms with van der Waals surface area (Å²) < 4.78 is 49.0. The molecular weight excluding hydrogens is 593 g/mol. The third-order valence-corrected chi connectivity index (χ3v) is 13.0. The lowest BCUT2D eigenvalue weighted by Gasteiger charge is -2.47. The molecule has 2 aliphatic rings. The van der Waals surface area contributed by atoms with E-state index in [1.807, 2.05) is 4.90 Å². The lowest BCUT2D eigenvalue weighted by molar-refractivity contribution is -0.136. The lowest BCUT2D eigenvalue weighted by atomic mass is 10.00. The van der Waals surface area contributed by atoms with Crippen LogP contribution in [0.4, 0.5) is 13.2 Å². The number of rotatable bonds is 4. The molecule has 2 aromatic heterocycles. The molecule has 7 nitrogen and oxygen atoms in total. The summed E-state index contributed by atoms with van der Waals surface area (Å²) in [5.41, 5.74) is -1.67. The van der Waals surface area contributed by atoms with Crippen molar-refractivity contribution in [3.63, 3.8) is 0 Å². The molecule has 0 radical (unpaired) electrons. The molecule has 2 aliphatic heterocycles. The van der Waals surface area contributed by atoms with Crippen molar-refractivity contribution in [1.82, 2.24) is 19.2 Å². The van der Waals surface area contributed by atoms with E-state index in [1.54, 1.807) is 0 Å². The Bertz CT molecular complexity index is 1230. The molecule has 204 valence electrons. The first-order valence-electron chi connectivity index (χ1n) is 12.2. The van der Waals surface area contributed by atoms with Crippen molar-refractivity contribution in [2.75, 3.05) is 19.6 Å². The number of hydrogen-bond acceptors (Lipinski definition) is 4. The van der Waals surface area contributed by atoms with Gasteiger partial charge in [0.2, 0.25) is 5.91 Å². The van der Waals surface area contributed by atoms with Gasteiger partial charge < -0.3 is 14.2 Å². The highest BCUT2D eigenvalue weighted by Crippen LogP contribution is 2.40. The second-order valence-electron chi connectivity index (χ2n) is 11.2. The Balaban J connectivity index is 1.67. The first-order valence-corrected chi connectivity index (χ1v) is 16.3. The molecule has 0 spiro atoms. The van der Waals surface area contributed by atoms with Crippen molar-refractivity contribution < 1.29 is 27.2 Å². The third-order valence-electron chi connectivity index (χ3n) is 7.71. The number of pyridine rings is 1. The monoisotopic (exact) mass is 622 g/mol. The number of nitrogens with zero attached hydrogens (tertiary/aromatic N) is 4. The number of likely N-dealkylation sites (tertiary alicyclic amines) is 2. The number of fused-ring (bicyclic) bond motifs is 1. The van der Waals surface area contributed by atoms with E-state index < -0.39 is 37.7 Å². The van der Waals surface area contributed by atoms with Crippen LogP contribution in [0.5, 0.6) is 0 Å². The van der Waals surface area contributed by atoms with Gasteiger partial charge in [0, 0.05) is 36.7 Å². The minimum atomic E-state index is -4.68. The molecule has 2 saturated heterocycles. The van der Waals surface area contributed by atoms with E-state index in [4.69, 9.17) is 16.0 Å². The first kappa shape index (κ1) is 28.4. The highest BCUT2D eigenvalue weighted by atomic mass is 79.9. The van der Waals surface area contributed by atoms with E-state index in [1.165, 1.54) is 11.1 Å². The van der Waals surface area contributed by atoms with Crippen molar-refractivity contribution in [3.05, 3.63) is 33.1 Å². The highest BCUT2D eigenvalue weighted by molar-refractivity contribution is 9.10. The summed E-state index contributed by atoms with van der Waals surface area (Å²) in [6.07, 6.45) is -1.95. The molecule has 2 fully saturated rings. The number of amides is 2. The highest BCUT2D eigenvalue weighted by Gasteiger charge is 2.46. The van der Waals surface area contributed by atoms with Crippen molar-refractivity contribution >= 4 is 53.3 Å². The van der Waals surface area contributed by atoms with Gasteiger partial charge >= 0.3 is 6.18 Å². The molecule has 13 heteroatoms. The maximum atomic E-state index is 13.7. The van der Waals surface area contributed by atoms with Crippen molar-refractivity contribution in [3.8, 4) is 0 Å². The van der Waals surface area contributed by atoms with Crippen LogP contribution in [0.15, 0.2) is 16.7 Å². The van der Waals surface area contributed by atoms with Crippen LogP contribution < -0.4 is 0 Å². The normalized spacial score (nSPS) is 21.8. The van der Waals surface area contributed by atoms with E-state index in [0.717, 1.165) is 16.9 Å². The van der Waals surface area contributed by atoms with Crippen LogP contribution in [0.1, 0.15) is 56.1 Å². The Labute approximate surface area is 228 Å². The summed E-state index contributed by atoms with van der Waals surface area (Å²) in [5, 5.41) is -0.281. The molecule has 37 heavy (non-hydrogen) atoms. The number of imidazole rings is 1. The topological polar surface area (TPSA) is 67.2 Å². The summed E-state index contributed by atoms with van der Waals surface area (Å²) in [7, 11) is -2.27. The molecule has 0 aromatic carbocycles. The molecular formula is C24H31BrClF3N4O3Si. The van der Waals surface area contributed by atoms with Crippen molar-refractivity contribution in [2.45, 2.75) is 76.5 Å². The molecule has 2 amide bonds. The summed E-state index contributed by atoms with van der Waals surface area (Å²) in [5.74, 6) is -0.477. The van der Waals surface area contributed by atoms with Crippen LogP contribution in [-0.4, -0.2) is 71.1 Å². The summed E-state index contributed by atoms with van der Waals surface area (Å²) in [6, 6.07) is 0.742. The fourth-order valence-electron chi connectivity index (χ4n) is 4.71. The second kappa shape index (κ2) is 9.84. The van der Waals surface area contributed by atoms with Gasteiger partial charge in [-0.2, -0.15) is 13.2 Å². The molecule has 0 N–H and O–H groups in total. The zero-order valence-corrected chi connectivity index (χ0v) is 24.8. The van der Waals surface area contributed by atoms with Crippen LogP contribution >= 0.6 is 27.5 Å². The van der Waals surface area contributed by atoms with Crippen molar-refractivity contribution in [2.24, 2.45) is 0 Å². The Morgan fingerprint density at radius 1 is 1.24 bits per heavy atom. The zero-order valence-electron chi connectivity index (χ0n) is 21.5. The van der Waals surface area contributed by atoms with Gasteiger partial charge in [0.15, 0.2) is 19.7 Å². The van der Waals surface area contributed by atoms with E-state index in [0.29, 0.717) is 25.9 Å². The number of carbonyl (C=O) groups excluding carboxylic acids is 2. The van der Waals surface area contributed by atoms with Gasteiger partial charge in [-0.25, -0.2) is 4.98 Å². The van der Waals surface area contributed by atoms with E-state index in [9.17, 15) is 22.8 Å². The van der Waals surface area contributed by atoms with E-state index in [2.05, 4.69) is 54.8 Å². The first-order chi connectivity index (χ1) is 17.0. The minimum absolute atomic E-state index is 0.0854. The van der Waals surface area contributed by atoms with Gasteiger partial charge in [-0.15, -0.1) is 0 Å². The Morgan fingerprint density at radius 2 is 1.92 bits per heavy atom. The molecule has 2 atom stereocenters. The zero-order chi connectivity index (χ0) is 27.5. The molecule has 0 bridgehead atoms. The summed E-state index contributed by atoms with van der Waals surface area (Å²) in [4.78, 5) is 33.6. The number of halogens is 5. The number of carbonyl (C=O) groups is 2. The van der Waals surface area contributed by atoms with Gasteiger partial charge in [0.1, 0.15) is 5.15 Å². The molecule has 2 aromatic rings. The van der Waals surface area contributed by atoms with Crippen LogP contribution in [0.2, 0.25) is 23.3 Å². The quantitative estimate of drug-likeness (QED) is 0.392. The average molecular weight is 624 g/mol. The summed E-state index contributed by atoms with van der Waals surface area (Å²) in [6.45, 7) is 11.8. The van der Waals surface area contributed by atoms with Gasteiger partial charge in [-0.3, -0.25) is 14.0 Å². The molecule has 0 aliphatic carbocycles. The predicted molar refractivity (Wildman–Crippen MR) is 140 cm³/mol. The largest absolute Gasteiger partial charge is 0.420 e. The number of alkyl halides is 3. The average Bonchev–Trinajstić information content (AvgIpc) is 3.34. The smallest absolute Gasteiger partial charge is 0.410 e. The van der Waals surface area contributed by atoms with Crippen LogP contribution in [0.25, 0.3) is 5.65 Å². The Kier molecular flexibility index (Phi) is 7.54. The number of hydrogen-bond donors (Lipinski definition) is 0. The molecule has 0 unspecified atom stereocenters. The van der Waals surface area contributed by atoms with Gasteiger partial charge in [0.05, 0.1) is 17.7 Å². The van der Waals surface area contributed by atoms with Gasteiger partial charge in [0.25, 0.3) is 5.91 Å². The molecule has 4 rings (SSSR count). The SMILES string of the molecule is CC(C)(C)[Si](C)(C)O[C@H]1CN(C(=O)c2nc3c(C(F)(F)F)cc(Br)cn3c2Cl)CC[C@H]1N1CCCC1=O. The maximum Gasteiger partial charge on any atom is 0.420 e. The standard InChI is InChI=1S/C24H31BrClF3N4O3Si/c1-23(2,3)37(4,5)36-17-13-31(10-8-16(17)32-9-6-7-18(32)34)22(35)19-20(26)33-12-14(25)11-15(21(33)30-19)24(27,28)29/h11-12,16-17H,6-10,13H2,1-5H3/t16-,17+/m1/s1. The number of aromatic nitrogens is 2. The van der Waals surface area contributed by atoms with E-state index >= 15 is 0 Å². The lowest BCUT2D eigenvalue weighted by Crippen LogP contribution is -2.60. The van der Waals surface area contributed by atoms with Crippen LogP contribution in [0.3, 0.4) is 0 Å². The summed E-state index contributed by atoms with van der Waals surface area (Å²) >= 11 is 9.49. The fourth-order valence-corrected chi connectivity index (χ4v) is 6.74. The maximum absolute atomic E-state index is 13.7. The minimum Gasteiger partial charge on any atom is -0.410 e. The third kappa shape index (κ3) is 5.44. The Morgan fingerprint density at radius 3 is 2.49 bits per heavy atom. The Hall–Kier alpha value is -1.63. The van der Waals surface area contributed by atoms with Gasteiger partial charge in [-0.1, -0.05) is 32.4 Å². The fraction of sp³-hybridized carbons (Fsp3) is 0.625. The predicted octanol–water partition coefficient (Wildman–Crippen LogP) is 6.00. The second-order valence-corrected chi connectivity index (χ2v) is 17.3. The van der Waals surface area contributed by atoms with Crippen molar-refractivity contribution in [1.29, 1.82) is 0 Å². The number of piperidine rings is 1. The molecule has 0 saturated carbocycles. The van der Waals surface area contributed by atoms with Gasteiger partial charge in [-0.05, 0) is 53.0 Å². The van der Waals surface area contributed by atoms with Crippen LogP contribution in [0, 0.1) is 0 Å².